The molecule has 0 spiro atoms. The first-order valence-corrected chi connectivity index (χ1v) is 12.5. The first-order chi connectivity index (χ1) is 15.4. The van der Waals surface area contributed by atoms with Crippen molar-refractivity contribution in [1.82, 2.24) is 4.31 Å². The predicted molar refractivity (Wildman–Crippen MR) is 127 cm³/mol. The molecular formula is C26H31N2O3S+. The topological polar surface area (TPSA) is 51.1 Å². The summed E-state index contributed by atoms with van der Waals surface area (Å²) in [6, 6.07) is 24.6. The van der Waals surface area contributed by atoms with Gasteiger partial charge < -0.3 is 9.64 Å². The molecule has 0 aromatic heterocycles. The largest absolute Gasteiger partial charge is 0.496 e. The molecule has 1 N–H and O–H groups in total. The number of nitrogens with zero attached hydrogens (tertiary/aromatic N) is 1. The Labute approximate surface area is 191 Å². The second kappa shape index (κ2) is 9.45. The highest BCUT2D eigenvalue weighted by Crippen LogP contribution is 2.29. The van der Waals surface area contributed by atoms with Crippen molar-refractivity contribution in [2.45, 2.75) is 24.8 Å². The van der Waals surface area contributed by atoms with Gasteiger partial charge in [-0.05, 0) is 37.1 Å². The van der Waals surface area contributed by atoms with E-state index in [1.807, 2.05) is 26.0 Å². The SMILES string of the molecule is COc1ccc(S(=O)(=O)N2CC[NH+](C(c3ccccc3)c3ccccc3)CC2)c(C)c1C. The van der Waals surface area contributed by atoms with E-state index >= 15 is 0 Å². The lowest BCUT2D eigenvalue weighted by atomic mass is 9.96. The fraction of sp³-hybridized carbons (Fsp3) is 0.308. The standard InChI is InChI=1S/C26H30N2O3S/c1-20-21(2)25(15-14-24(20)31-3)32(29,30)28-18-16-27(17-19-28)26(22-10-6-4-7-11-22)23-12-8-5-9-13-23/h4-15,26H,16-19H2,1-3H3/p+1. The van der Waals surface area contributed by atoms with Crippen molar-refractivity contribution >= 4 is 10.0 Å². The molecule has 0 amide bonds. The van der Waals surface area contributed by atoms with E-state index in [4.69, 9.17) is 4.74 Å². The summed E-state index contributed by atoms with van der Waals surface area (Å²) >= 11 is 0. The summed E-state index contributed by atoms with van der Waals surface area (Å²) in [7, 11) is -1.95. The summed E-state index contributed by atoms with van der Waals surface area (Å²) < 4.78 is 33.9. The number of piperazine rings is 1. The van der Waals surface area contributed by atoms with Gasteiger partial charge >= 0.3 is 0 Å². The monoisotopic (exact) mass is 451 g/mol. The molecule has 168 valence electrons. The van der Waals surface area contributed by atoms with Crippen LogP contribution in [0.1, 0.15) is 28.3 Å². The molecule has 1 saturated heterocycles. The number of quaternary nitrogens is 1. The first-order valence-electron chi connectivity index (χ1n) is 11.0. The molecule has 6 heteroatoms. The van der Waals surface area contributed by atoms with E-state index in [1.54, 1.807) is 23.5 Å². The first kappa shape index (κ1) is 22.5. The summed E-state index contributed by atoms with van der Waals surface area (Å²) in [4.78, 5) is 1.76. The number of methoxy groups -OCH3 is 1. The molecule has 3 aromatic rings. The molecular weight excluding hydrogens is 420 g/mol. The minimum atomic E-state index is -3.55. The third kappa shape index (κ3) is 4.31. The van der Waals surface area contributed by atoms with Crippen molar-refractivity contribution in [3.63, 3.8) is 0 Å². The zero-order valence-corrected chi connectivity index (χ0v) is 19.7. The lowest BCUT2D eigenvalue weighted by Gasteiger charge is -2.36. The molecule has 0 aliphatic carbocycles. The molecule has 0 bridgehead atoms. The minimum Gasteiger partial charge on any atom is -0.496 e. The maximum absolute atomic E-state index is 13.5. The minimum absolute atomic E-state index is 0.187. The Kier molecular flexibility index (Phi) is 6.65. The van der Waals surface area contributed by atoms with Crippen LogP contribution in [0.5, 0.6) is 5.75 Å². The Bertz CT molecular complexity index is 1120. The Hall–Kier alpha value is -2.67. The highest BCUT2D eigenvalue weighted by Gasteiger charge is 2.35. The molecule has 0 radical (unpaired) electrons. The number of sulfonamides is 1. The van der Waals surface area contributed by atoms with Gasteiger partial charge in [-0.3, -0.25) is 0 Å². The fourth-order valence-electron chi connectivity index (χ4n) is 4.67. The van der Waals surface area contributed by atoms with Crippen LogP contribution in [0.3, 0.4) is 0 Å². The number of ether oxygens (including phenoxy) is 1. The maximum Gasteiger partial charge on any atom is 0.243 e. The summed E-state index contributed by atoms with van der Waals surface area (Å²) in [6.07, 6.45) is 0. The van der Waals surface area contributed by atoms with Gasteiger partial charge in [0.1, 0.15) is 11.8 Å². The normalized spacial score (nSPS) is 15.8. The second-order valence-corrected chi connectivity index (χ2v) is 10.2. The number of rotatable bonds is 6. The summed E-state index contributed by atoms with van der Waals surface area (Å²) in [5.74, 6) is 0.712. The number of hydrogen-bond donors (Lipinski definition) is 1. The van der Waals surface area contributed by atoms with Gasteiger partial charge in [0.25, 0.3) is 0 Å². The van der Waals surface area contributed by atoms with Crippen molar-refractivity contribution in [1.29, 1.82) is 0 Å². The third-order valence-corrected chi connectivity index (χ3v) is 8.61. The van der Waals surface area contributed by atoms with Crippen LogP contribution >= 0.6 is 0 Å². The van der Waals surface area contributed by atoms with Crippen molar-refractivity contribution in [2.75, 3.05) is 33.3 Å². The van der Waals surface area contributed by atoms with Crippen LogP contribution in [0, 0.1) is 13.8 Å². The van der Waals surface area contributed by atoms with Crippen LogP contribution in [-0.4, -0.2) is 46.0 Å². The zero-order valence-electron chi connectivity index (χ0n) is 18.9. The fourth-order valence-corrected chi connectivity index (χ4v) is 6.39. The highest BCUT2D eigenvalue weighted by atomic mass is 32.2. The van der Waals surface area contributed by atoms with Crippen molar-refractivity contribution in [3.05, 3.63) is 95.1 Å². The Balaban J connectivity index is 1.57. The molecule has 0 atom stereocenters. The lowest BCUT2D eigenvalue weighted by molar-refractivity contribution is -0.929. The molecule has 0 unspecified atom stereocenters. The van der Waals surface area contributed by atoms with Crippen LogP contribution in [0.4, 0.5) is 0 Å². The van der Waals surface area contributed by atoms with E-state index in [0.717, 1.165) is 24.2 Å². The maximum atomic E-state index is 13.5. The van der Waals surface area contributed by atoms with Crippen molar-refractivity contribution in [3.8, 4) is 5.75 Å². The zero-order chi connectivity index (χ0) is 22.7. The van der Waals surface area contributed by atoms with Gasteiger partial charge in [0.15, 0.2) is 0 Å². The van der Waals surface area contributed by atoms with Gasteiger partial charge in [0.2, 0.25) is 10.0 Å². The van der Waals surface area contributed by atoms with Crippen LogP contribution in [-0.2, 0) is 10.0 Å². The quantitative estimate of drug-likeness (QED) is 0.627. The van der Waals surface area contributed by atoms with Crippen LogP contribution in [0.25, 0.3) is 0 Å². The molecule has 32 heavy (non-hydrogen) atoms. The Morgan fingerprint density at radius 1 is 0.812 bits per heavy atom. The van der Waals surface area contributed by atoms with Gasteiger partial charge in [0, 0.05) is 11.1 Å². The van der Waals surface area contributed by atoms with Crippen LogP contribution < -0.4 is 9.64 Å². The van der Waals surface area contributed by atoms with E-state index < -0.39 is 10.0 Å². The van der Waals surface area contributed by atoms with E-state index in [9.17, 15) is 8.42 Å². The smallest absolute Gasteiger partial charge is 0.243 e. The molecule has 1 aliphatic heterocycles. The average molecular weight is 452 g/mol. The Morgan fingerprint density at radius 2 is 1.34 bits per heavy atom. The van der Waals surface area contributed by atoms with Gasteiger partial charge in [-0.25, -0.2) is 8.42 Å². The van der Waals surface area contributed by atoms with E-state index in [1.165, 1.54) is 16.0 Å². The lowest BCUT2D eigenvalue weighted by Crippen LogP contribution is -3.15. The average Bonchev–Trinajstić information content (AvgIpc) is 2.82. The van der Waals surface area contributed by atoms with E-state index in [-0.39, 0.29) is 6.04 Å². The Morgan fingerprint density at radius 3 is 1.84 bits per heavy atom. The number of hydrogen-bond acceptors (Lipinski definition) is 3. The number of benzene rings is 3. The molecule has 1 heterocycles. The molecule has 1 aliphatic rings. The molecule has 5 nitrogen and oxygen atoms in total. The molecule has 0 saturated carbocycles. The summed E-state index contributed by atoms with van der Waals surface area (Å²) in [6.45, 7) is 6.26. The molecule has 1 fully saturated rings. The van der Waals surface area contributed by atoms with Crippen molar-refractivity contribution < 1.29 is 18.1 Å². The third-order valence-electron chi connectivity index (χ3n) is 6.56. The summed E-state index contributed by atoms with van der Waals surface area (Å²) in [5, 5.41) is 0. The van der Waals surface area contributed by atoms with Crippen LogP contribution in [0.2, 0.25) is 0 Å². The van der Waals surface area contributed by atoms with E-state index in [2.05, 4.69) is 48.5 Å². The van der Waals surface area contributed by atoms with Crippen LogP contribution in [0.15, 0.2) is 77.7 Å². The summed E-state index contributed by atoms with van der Waals surface area (Å²) in [5.41, 5.74) is 4.13. The van der Waals surface area contributed by atoms with Gasteiger partial charge in [-0.15, -0.1) is 0 Å². The predicted octanol–water partition coefficient (Wildman–Crippen LogP) is 2.99. The van der Waals surface area contributed by atoms with Crippen molar-refractivity contribution in [2.24, 2.45) is 0 Å². The van der Waals surface area contributed by atoms with E-state index in [0.29, 0.717) is 23.7 Å². The molecule has 4 rings (SSSR count). The number of nitrogens with one attached hydrogen (secondary N) is 1. The highest BCUT2D eigenvalue weighted by molar-refractivity contribution is 7.89. The van der Waals surface area contributed by atoms with Gasteiger partial charge in [-0.1, -0.05) is 60.7 Å². The second-order valence-electron chi connectivity index (χ2n) is 8.33. The van der Waals surface area contributed by atoms with Gasteiger partial charge in [-0.2, -0.15) is 4.31 Å². The van der Waals surface area contributed by atoms with Gasteiger partial charge in [0.05, 0.1) is 38.2 Å². The molecule has 3 aromatic carbocycles.